The number of pyridine rings is 1. The molecule has 5 nitrogen and oxygen atoms in total. The molecule has 0 aromatic carbocycles. The maximum absolute atomic E-state index is 11.9. The number of hydrogen-bond acceptors (Lipinski definition) is 5. The van der Waals surface area contributed by atoms with Crippen molar-refractivity contribution < 1.29 is 8.42 Å². The van der Waals surface area contributed by atoms with Crippen molar-refractivity contribution in [1.82, 2.24) is 4.98 Å². The van der Waals surface area contributed by atoms with Crippen molar-refractivity contribution in [3.63, 3.8) is 0 Å². The Morgan fingerprint density at radius 1 is 1.41 bits per heavy atom. The van der Waals surface area contributed by atoms with Crippen LogP contribution in [0, 0.1) is 0 Å². The summed E-state index contributed by atoms with van der Waals surface area (Å²) < 4.78 is 26.2. The zero-order chi connectivity index (χ0) is 12.5. The number of nitrogen functional groups attached to an aromatic ring is 1. The van der Waals surface area contributed by atoms with E-state index in [0.717, 1.165) is 11.3 Å². The van der Waals surface area contributed by atoms with E-state index in [2.05, 4.69) is 9.71 Å². The average Bonchev–Trinajstić information content (AvgIpc) is 2.69. The average molecular weight is 290 g/mol. The fraction of sp³-hybridized carbons (Fsp3) is 0. The number of aromatic nitrogens is 1. The topological polar surface area (TPSA) is 85.1 Å². The molecule has 2 aromatic heterocycles. The van der Waals surface area contributed by atoms with Crippen LogP contribution in [0.15, 0.2) is 34.0 Å². The maximum atomic E-state index is 11.9. The van der Waals surface area contributed by atoms with Gasteiger partial charge in [0, 0.05) is 17.3 Å². The van der Waals surface area contributed by atoms with Gasteiger partial charge in [0.1, 0.15) is 10.0 Å². The molecule has 0 atom stereocenters. The van der Waals surface area contributed by atoms with Gasteiger partial charge in [-0.25, -0.2) is 13.4 Å². The minimum absolute atomic E-state index is 0.145. The molecule has 2 rings (SSSR count). The number of nitrogens with one attached hydrogen (secondary N) is 1. The number of sulfonamides is 1. The molecule has 0 fully saturated rings. The summed E-state index contributed by atoms with van der Waals surface area (Å²) in [6, 6.07) is 4.43. The largest absolute Gasteiger partial charge is 0.398 e. The third-order valence-corrected chi connectivity index (χ3v) is 4.86. The molecule has 17 heavy (non-hydrogen) atoms. The molecule has 90 valence electrons. The molecule has 0 aliphatic carbocycles. The number of nitrogens with two attached hydrogens (primary N) is 1. The summed E-state index contributed by atoms with van der Waals surface area (Å²) in [6.45, 7) is 0. The van der Waals surface area contributed by atoms with Gasteiger partial charge < -0.3 is 5.73 Å². The Kier molecular flexibility index (Phi) is 3.23. The van der Waals surface area contributed by atoms with Crippen LogP contribution in [0.2, 0.25) is 5.02 Å². The van der Waals surface area contributed by atoms with Gasteiger partial charge in [0.25, 0.3) is 10.0 Å². The summed E-state index contributed by atoms with van der Waals surface area (Å²) in [7, 11) is -3.62. The third kappa shape index (κ3) is 2.87. The zero-order valence-corrected chi connectivity index (χ0v) is 10.8. The normalized spacial score (nSPS) is 11.4. The summed E-state index contributed by atoms with van der Waals surface area (Å²) in [5, 5.41) is 2.00. The Bertz CT molecular complexity index is 622. The van der Waals surface area contributed by atoms with Gasteiger partial charge >= 0.3 is 0 Å². The second kappa shape index (κ2) is 4.52. The molecule has 0 aliphatic rings. The van der Waals surface area contributed by atoms with Gasteiger partial charge in [-0.1, -0.05) is 11.6 Å². The first-order valence-electron chi connectivity index (χ1n) is 4.46. The lowest BCUT2D eigenvalue weighted by molar-refractivity contribution is 0.603. The molecule has 2 heterocycles. The molecule has 8 heteroatoms. The number of hydrogen-bond donors (Lipinski definition) is 2. The van der Waals surface area contributed by atoms with Crippen molar-refractivity contribution in [3.05, 3.63) is 34.8 Å². The first kappa shape index (κ1) is 12.2. The predicted molar refractivity (Wildman–Crippen MR) is 68.8 cm³/mol. The van der Waals surface area contributed by atoms with E-state index in [1.165, 1.54) is 18.3 Å². The molecule has 0 radical (unpaired) electrons. The Hall–Kier alpha value is -1.31. The zero-order valence-electron chi connectivity index (χ0n) is 8.42. The van der Waals surface area contributed by atoms with Crippen LogP contribution in [0.1, 0.15) is 0 Å². The Morgan fingerprint density at radius 2 is 2.18 bits per heavy atom. The molecular formula is C9H8ClN3O2S2. The molecule has 0 amide bonds. The van der Waals surface area contributed by atoms with Gasteiger partial charge in [-0.05, 0) is 18.2 Å². The van der Waals surface area contributed by atoms with E-state index in [-0.39, 0.29) is 10.0 Å². The molecular weight excluding hydrogens is 282 g/mol. The van der Waals surface area contributed by atoms with E-state index < -0.39 is 10.0 Å². The van der Waals surface area contributed by atoms with Crippen molar-refractivity contribution in [2.45, 2.75) is 4.21 Å². The standard InChI is InChI=1S/C9H8ClN3O2S2/c10-6-1-2-8(12-4-6)13-17(14,15)9-3-7(11)5-16-9/h1-5H,11H2,(H,12,13). The molecule has 3 N–H and O–H groups in total. The molecule has 0 saturated heterocycles. The quantitative estimate of drug-likeness (QED) is 0.907. The van der Waals surface area contributed by atoms with Gasteiger partial charge in [-0.2, -0.15) is 0 Å². The molecule has 0 unspecified atom stereocenters. The monoisotopic (exact) mass is 289 g/mol. The van der Waals surface area contributed by atoms with Gasteiger partial charge in [-0.3, -0.25) is 4.72 Å². The number of halogens is 1. The van der Waals surface area contributed by atoms with E-state index in [9.17, 15) is 8.42 Å². The van der Waals surface area contributed by atoms with Crippen LogP contribution in [-0.4, -0.2) is 13.4 Å². The van der Waals surface area contributed by atoms with Crippen LogP contribution in [-0.2, 0) is 10.0 Å². The second-order valence-electron chi connectivity index (χ2n) is 3.17. The van der Waals surface area contributed by atoms with Crippen LogP contribution >= 0.6 is 22.9 Å². The summed E-state index contributed by atoms with van der Waals surface area (Å²) in [4.78, 5) is 3.85. The minimum Gasteiger partial charge on any atom is -0.398 e. The smallest absolute Gasteiger partial charge is 0.272 e. The predicted octanol–water partition coefficient (Wildman–Crippen LogP) is 2.18. The van der Waals surface area contributed by atoms with Crippen molar-refractivity contribution >= 4 is 44.5 Å². The van der Waals surface area contributed by atoms with E-state index in [1.807, 2.05) is 0 Å². The summed E-state index contributed by atoms with van der Waals surface area (Å²) in [5.41, 5.74) is 5.89. The van der Waals surface area contributed by atoms with Crippen LogP contribution in [0.5, 0.6) is 0 Å². The van der Waals surface area contributed by atoms with Crippen molar-refractivity contribution in [2.24, 2.45) is 0 Å². The highest BCUT2D eigenvalue weighted by Gasteiger charge is 2.16. The Morgan fingerprint density at radius 3 is 2.71 bits per heavy atom. The van der Waals surface area contributed by atoms with Crippen LogP contribution in [0.3, 0.4) is 0 Å². The lowest BCUT2D eigenvalue weighted by atomic mass is 10.5. The number of rotatable bonds is 3. The van der Waals surface area contributed by atoms with Gasteiger partial charge in [0.15, 0.2) is 0 Å². The van der Waals surface area contributed by atoms with Crippen molar-refractivity contribution in [3.8, 4) is 0 Å². The second-order valence-corrected chi connectivity index (χ2v) is 6.42. The number of thiophene rings is 1. The lowest BCUT2D eigenvalue weighted by Crippen LogP contribution is -2.12. The van der Waals surface area contributed by atoms with E-state index in [4.69, 9.17) is 17.3 Å². The van der Waals surface area contributed by atoms with Crippen LogP contribution in [0.25, 0.3) is 0 Å². The Balaban J connectivity index is 2.26. The third-order valence-electron chi connectivity index (χ3n) is 1.83. The highest BCUT2D eigenvalue weighted by molar-refractivity contribution is 7.94. The molecule has 0 aliphatic heterocycles. The van der Waals surface area contributed by atoms with Crippen molar-refractivity contribution in [2.75, 3.05) is 10.5 Å². The number of nitrogens with zero attached hydrogens (tertiary/aromatic N) is 1. The lowest BCUT2D eigenvalue weighted by Gasteiger charge is -2.04. The molecule has 0 spiro atoms. The first-order chi connectivity index (χ1) is 7.97. The Labute approximate surface area is 107 Å². The molecule has 0 bridgehead atoms. The van der Waals surface area contributed by atoms with Crippen LogP contribution < -0.4 is 10.5 Å². The van der Waals surface area contributed by atoms with Gasteiger partial charge in [0.05, 0.1) is 5.02 Å². The summed E-state index contributed by atoms with van der Waals surface area (Å²) in [6.07, 6.45) is 1.36. The van der Waals surface area contributed by atoms with Crippen molar-refractivity contribution in [1.29, 1.82) is 0 Å². The fourth-order valence-corrected chi connectivity index (χ4v) is 3.30. The van der Waals surface area contributed by atoms with Crippen LogP contribution in [0.4, 0.5) is 11.5 Å². The maximum Gasteiger partial charge on any atom is 0.272 e. The molecule has 0 saturated carbocycles. The highest BCUT2D eigenvalue weighted by Crippen LogP contribution is 2.23. The van der Waals surface area contributed by atoms with Gasteiger partial charge in [-0.15, -0.1) is 11.3 Å². The summed E-state index contributed by atoms with van der Waals surface area (Å²) in [5.74, 6) is 0.210. The molecule has 2 aromatic rings. The van der Waals surface area contributed by atoms with E-state index in [1.54, 1.807) is 11.4 Å². The van der Waals surface area contributed by atoms with Gasteiger partial charge in [0.2, 0.25) is 0 Å². The van der Waals surface area contributed by atoms with E-state index >= 15 is 0 Å². The first-order valence-corrected chi connectivity index (χ1v) is 7.20. The SMILES string of the molecule is Nc1csc(S(=O)(=O)Nc2ccc(Cl)cn2)c1. The number of anilines is 2. The fourth-order valence-electron chi connectivity index (χ4n) is 1.10. The van der Waals surface area contributed by atoms with E-state index in [0.29, 0.717) is 10.7 Å². The summed E-state index contributed by atoms with van der Waals surface area (Å²) >= 11 is 6.70. The highest BCUT2D eigenvalue weighted by atomic mass is 35.5. The minimum atomic E-state index is -3.62.